The lowest BCUT2D eigenvalue weighted by Crippen LogP contribution is -2.41. The highest BCUT2D eigenvalue weighted by atomic mass is 19.1. The predicted molar refractivity (Wildman–Crippen MR) is 92.5 cm³/mol. The Morgan fingerprint density at radius 3 is 3.00 bits per heavy atom. The first-order chi connectivity index (χ1) is 12.2. The summed E-state index contributed by atoms with van der Waals surface area (Å²) >= 11 is 0. The van der Waals surface area contributed by atoms with Gasteiger partial charge in [-0.05, 0) is 30.7 Å². The number of nitrogens with zero attached hydrogens (tertiary/aromatic N) is 3. The number of nitrogens with one attached hydrogen (secondary N) is 1. The Kier molecular flexibility index (Phi) is 3.87. The van der Waals surface area contributed by atoms with Gasteiger partial charge in [0.25, 0.3) is 5.91 Å². The van der Waals surface area contributed by atoms with Gasteiger partial charge < -0.3 is 9.47 Å². The van der Waals surface area contributed by atoms with E-state index in [1.807, 2.05) is 11.0 Å². The highest BCUT2D eigenvalue weighted by Crippen LogP contribution is 2.32. The van der Waals surface area contributed by atoms with Crippen molar-refractivity contribution >= 4 is 5.91 Å². The number of rotatable bonds is 3. The van der Waals surface area contributed by atoms with Crippen molar-refractivity contribution in [1.29, 1.82) is 0 Å². The third-order valence-corrected chi connectivity index (χ3v) is 4.79. The largest absolute Gasteiger partial charge is 0.348 e. The number of hydrogen-bond donors (Lipinski definition) is 1. The fourth-order valence-corrected chi connectivity index (χ4v) is 3.60. The molecule has 0 saturated heterocycles. The SMILES string of the molecule is CC[C@@H]1c2cccn2CCN1C(=O)c1cn[nH]c1-c1cccc(F)c1. The summed E-state index contributed by atoms with van der Waals surface area (Å²) in [7, 11) is 0. The van der Waals surface area contributed by atoms with Gasteiger partial charge in [0.05, 0.1) is 23.5 Å². The van der Waals surface area contributed by atoms with E-state index >= 15 is 0 Å². The summed E-state index contributed by atoms with van der Waals surface area (Å²) < 4.78 is 15.8. The van der Waals surface area contributed by atoms with Crippen LogP contribution in [0.4, 0.5) is 4.39 Å². The van der Waals surface area contributed by atoms with Crippen molar-refractivity contribution in [1.82, 2.24) is 19.7 Å². The van der Waals surface area contributed by atoms with E-state index in [9.17, 15) is 9.18 Å². The fourth-order valence-electron chi connectivity index (χ4n) is 3.60. The molecule has 1 aromatic carbocycles. The lowest BCUT2D eigenvalue weighted by Gasteiger charge is -2.36. The number of H-pyrrole nitrogens is 1. The number of aromatic amines is 1. The van der Waals surface area contributed by atoms with Crippen molar-refractivity contribution in [3.05, 3.63) is 65.9 Å². The van der Waals surface area contributed by atoms with Gasteiger partial charge >= 0.3 is 0 Å². The maximum Gasteiger partial charge on any atom is 0.258 e. The molecule has 25 heavy (non-hydrogen) atoms. The van der Waals surface area contributed by atoms with Gasteiger partial charge in [-0.1, -0.05) is 19.1 Å². The zero-order valence-corrected chi connectivity index (χ0v) is 13.9. The van der Waals surface area contributed by atoms with Crippen molar-refractivity contribution in [3.63, 3.8) is 0 Å². The number of carbonyl (C=O) groups is 1. The maximum atomic E-state index is 13.6. The summed E-state index contributed by atoms with van der Waals surface area (Å²) in [4.78, 5) is 15.1. The molecule has 1 amide bonds. The monoisotopic (exact) mass is 338 g/mol. The van der Waals surface area contributed by atoms with Crippen LogP contribution in [0.1, 0.15) is 35.4 Å². The molecule has 1 N–H and O–H groups in total. The molecule has 0 radical (unpaired) electrons. The number of aromatic nitrogens is 3. The molecule has 0 bridgehead atoms. The second kappa shape index (κ2) is 6.20. The van der Waals surface area contributed by atoms with Crippen LogP contribution in [0.25, 0.3) is 11.3 Å². The van der Waals surface area contributed by atoms with Crippen molar-refractivity contribution < 1.29 is 9.18 Å². The van der Waals surface area contributed by atoms with Crippen LogP contribution in [0, 0.1) is 5.82 Å². The van der Waals surface area contributed by atoms with Gasteiger partial charge in [0.15, 0.2) is 0 Å². The van der Waals surface area contributed by atoms with Crippen LogP contribution in [0.5, 0.6) is 0 Å². The Labute approximate surface area is 145 Å². The Morgan fingerprint density at radius 1 is 1.32 bits per heavy atom. The minimum absolute atomic E-state index is 0.0338. The van der Waals surface area contributed by atoms with E-state index in [-0.39, 0.29) is 17.8 Å². The van der Waals surface area contributed by atoms with E-state index < -0.39 is 0 Å². The summed E-state index contributed by atoms with van der Waals surface area (Å²) in [6.45, 7) is 3.50. The van der Waals surface area contributed by atoms with Crippen molar-refractivity contribution in [2.45, 2.75) is 25.9 Å². The molecule has 2 aromatic heterocycles. The van der Waals surface area contributed by atoms with Crippen LogP contribution in [0.3, 0.4) is 0 Å². The molecule has 1 aliphatic rings. The third-order valence-electron chi connectivity index (χ3n) is 4.79. The fraction of sp³-hybridized carbons (Fsp3) is 0.263. The highest BCUT2D eigenvalue weighted by molar-refractivity contribution is 6.00. The molecule has 128 valence electrons. The van der Waals surface area contributed by atoms with Crippen molar-refractivity contribution in [2.24, 2.45) is 0 Å². The van der Waals surface area contributed by atoms with Crippen LogP contribution in [0.2, 0.25) is 0 Å². The van der Waals surface area contributed by atoms with E-state index in [4.69, 9.17) is 0 Å². The average molecular weight is 338 g/mol. The van der Waals surface area contributed by atoms with Gasteiger partial charge in [-0.2, -0.15) is 5.10 Å². The Balaban J connectivity index is 1.70. The second-order valence-electron chi connectivity index (χ2n) is 6.22. The average Bonchev–Trinajstić information content (AvgIpc) is 3.29. The molecular formula is C19H19FN4O. The first-order valence-corrected chi connectivity index (χ1v) is 8.44. The number of amides is 1. The van der Waals surface area contributed by atoms with Gasteiger partial charge in [0.1, 0.15) is 5.82 Å². The molecule has 0 unspecified atom stereocenters. The predicted octanol–water partition coefficient (Wildman–Crippen LogP) is 3.62. The summed E-state index contributed by atoms with van der Waals surface area (Å²) in [5, 5.41) is 6.88. The lowest BCUT2D eigenvalue weighted by atomic mass is 10.0. The van der Waals surface area contributed by atoms with E-state index in [0.717, 1.165) is 18.7 Å². The van der Waals surface area contributed by atoms with Gasteiger partial charge in [0, 0.05) is 30.5 Å². The summed E-state index contributed by atoms with van der Waals surface area (Å²) in [5.74, 6) is -0.417. The summed E-state index contributed by atoms with van der Waals surface area (Å²) in [5.41, 5.74) is 2.80. The minimum Gasteiger partial charge on any atom is -0.348 e. The maximum absolute atomic E-state index is 13.6. The van der Waals surface area contributed by atoms with Crippen molar-refractivity contribution in [3.8, 4) is 11.3 Å². The van der Waals surface area contributed by atoms with Gasteiger partial charge in [-0.25, -0.2) is 4.39 Å². The molecule has 0 saturated carbocycles. The molecule has 0 fully saturated rings. The van der Waals surface area contributed by atoms with Crippen LogP contribution in [-0.2, 0) is 6.54 Å². The normalized spacial score (nSPS) is 16.7. The van der Waals surface area contributed by atoms with Gasteiger partial charge in [0.2, 0.25) is 0 Å². The third kappa shape index (κ3) is 2.63. The van der Waals surface area contributed by atoms with E-state index in [1.54, 1.807) is 12.1 Å². The molecule has 0 spiro atoms. The number of fused-ring (bicyclic) bond motifs is 1. The number of hydrogen-bond acceptors (Lipinski definition) is 2. The molecule has 1 aliphatic heterocycles. The molecule has 3 aromatic rings. The zero-order valence-electron chi connectivity index (χ0n) is 13.9. The summed E-state index contributed by atoms with van der Waals surface area (Å²) in [6, 6.07) is 10.3. The highest BCUT2D eigenvalue weighted by Gasteiger charge is 2.31. The number of carbonyl (C=O) groups excluding carboxylic acids is 1. The van der Waals surface area contributed by atoms with E-state index in [0.29, 0.717) is 23.4 Å². The second-order valence-corrected chi connectivity index (χ2v) is 6.22. The van der Waals surface area contributed by atoms with Crippen LogP contribution >= 0.6 is 0 Å². The minimum atomic E-state index is -0.340. The lowest BCUT2D eigenvalue weighted by molar-refractivity contribution is 0.0618. The van der Waals surface area contributed by atoms with Crippen LogP contribution < -0.4 is 0 Å². The van der Waals surface area contributed by atoms with Gasteiger partial charge in [-0.15, -0.1) is 0 Å². The molecular weight excluding hydrogens is 319 g/mol. The number of halogens is 1. The molecule has 5 nitrogen and oxygen atoms in total. The zero-order chi connectivity index (χ0) is 17.4. The first-order valence-electron chi connectivity index (χ1n) is 8.44. The van der Waals surface area contributed by atoms with Crippen LogP contribution in [-0.4, -0.2) is 32.1 Å². The number of benzene rings is 1. The topological polar surface area (TPSA) is 53.9 Å². The van der Waals surface area contributed by atoms with E-state index in [1.165, 1.54) is 18.3 Å². The molecule has 3 heterocycles. The Bertz CT molecular complexity index is 914. The Morgan fingerprint density at radius 2 is 2.20 bits per heavy atom. The van der Waals surface area contributed by atoms with E-state index in [2.05, 4.69) is 34.0 Å². The van der Waals surface area contributed by atoms with Crippen molar-refractivity contribution in [2.75, 3.05) is 6.54 Å². The standard InChI is InChI=1S/C19H19FN4O/c1-2-16-17-7-4-8-23(17)9-10-24(16)19(25)15-12-21-22-18(15)13-5-3-6-14(20)11-13/h3-8,11-12,16H,2,9-10H2,1H3,(H,21,22)/t16-/m1/s1. The molecule has 1 atom stereocenters. The molecule has 4 rings (SSSR count). The van der Waals surface area contributed by atoms with Crippen LogP contribution in [0.15, 0.2) is 48.8 Å². The Hall–Kier alpha value is -2.89. The summed E-state index contributed by atoms with van der Waals surface area (Å²) in [6.07, 6.45) is 4.42. The first kappa shape index (κ1) is 15.6. The smallest absolute Gasteiger partial charge is 0.258 e. The van der Waals surface area contributed by atoms with Gasteiger partial charge in [-0.3, -0.25) is 9.89 Å². The molecule has 6 heteroatoms. The quantitative estimate of drug-likeness (QED) is 0.793. The molecule has 0 aliphatic carbocycles.